The summed E-state index contributed by atoms with van der Waals surface area (Å²) in [5, 5.41) is 8.68. The van der Waals surface area contributed by atoms with Crippen LogP contribution in [0, 0.1) is 0 Å². The molecule has 0 saturated carbocycles. The van der Waals surface area contributed by atoms with Crippen molar-refractivity contribution in [2.75, 3.05) is 31.5 Å². The Labute approximate surface area is 245 Å². The van der Waals surface area contributed by atoms with Crippen molar-refractivity contribution in [2.24, 2.45) is 0 Å². The molecule has 2 aromatic rings. The van der Waals surface area contributed by atoms with Crippen molar-refractivity contribution in [3.8, 4) is 11.5 Å². The molecule has 0 fully saturated rings. The van der Waals surface area contributed by atoms with Crippen LogP contribution in [0.2, 0.25) is 0 Å². The second kappa shape index (κ2) is 17.1. The van der Waals surface area contributed by atoms with E-state index in [1.165, 1.54) is 78.9 Å². The monoisotopic (exact) mass is 572 g/mol. The first-order valence-electron chi connectivity index (χ1n) is 14.7. The molecule has 2 aromatic carbocycles. The van der Waals surface area contributed by atoms with Gasteiger partial charge in [0.05, 0.1) is 14.2 Å². The van der Waals surface area contributed by atoms with E-state index in [1.807, 2.05) is 23.5 Å². The maximum Gasteiger partial charge on any atom is 0.303 e. The predicted molar refractivity (Wildman–Crippen MR) is 167 cm³/mol. The van der Waals surface area contributed by atoms with Crippen LogP contribution in [-0.4, -0.2) is 42.6 Å². The average molecular weight is 573 g/mol. The lowest BCUT2D eigenvalue weighted by molar-refractivity contribution is -0.137. The van der Waals surface area contributed by atoms with Crippen molar-refractivity contribution in [1.82, 2.24) is 0 Å². The lowest BCUT2D eigenvalue weighted by Gasteiger charge is -2.43. The number of hydrogen-bond acceptors (Lipinski definition) is 5. The summed E-state index contributed by atoms with van der Waals surface area (Å²) in [5.74, 6) is 5.17. The summed E-state index contributed by atoms with van der Waals surface area (Å²) in [4.78, 5) is 11.9. The molecule has 39 heavy (non-hydrogen) atoms. The number of ether oxygens (including phenoxy) is 2. The van der Waals surface area contributed by atoms with Gasteiger partial charge in [0.2, 0.25) is 0 Å². The Morgan fingerprint density at radius 1 is 0.872 bits per heavy atom. The van der Waals surface area contributed by atoms with Gasteiger partial charge in [-0.15, -0.1) is 11.8 Å². The van der Waals surface area contributed by atoms with Gasteiger partial charge in [-0.3, -0.25) is 4.79 Å². The highest BCUT2D eigenvalue weighted by Crippen LogP contribution is 2.52. The number of carboxylic acid groups (broad SMARTS) is 1. The van der Waals surface area contributed by atoms with Gasteiger partial charge in [-0.25, -0.2) is 0 Å². The molecule has 0 aromatic heterocycles. The van der Waals surface area contributed by atoms with Crippen LogP contribution < -0.4 is 9.47 Å². The SMILES string of the molecule is COc1ccc(C2(C)CSc3cc(OC)ccc3C2CCCCCCCCCSCCCCCC(=O)O)cc1. The van der Waals surface area contributed by atoms with Crippen molar-refractivity contribution >= 4 is 29.5 Å². The molecule has 0 amide bonds. The molecule has 2 atom stereocenters. The van der Waals surface area contributed by atoms with Gasteiger partial charge in [-0.05, 0) is 78.5 Å². The molecule has 0 radical (unpaired) electrons. The van der Waals surface area contributed by atoms with Crippen LogP contribution in [0.25, 0.3) is 0 Å². The fourth-order valence-electron chi connectivity index (χ4n) is 5.65. The number of rotatable bonds is 19. The third-order valence-corrected chi connectivity index (χ3v) is 10.7. The molecule has 2 unspecified atom stereocenters. The average Bonchev–Trinajstić information content (AvgIpc) is 2.95. The lowest BCUT2D eigenvalue weighted by atomic mass is 9.68. The summed E-state index contributed by atoms with van der Waals surface area (Å²) in [6.45, 7) is 2.45. The third-order valence-electron chi connectivity index (χ3n) is 8.10. The van der Waals surface area contributed by atoms with E-state index in [4.69, 9.17) is 14.6 Å². The Hall–Kier alpha value is -1.79. The Balaban J connectivity index is 1.40. The second-order valence-electron chi connectivity index (χ2n) is 11.0. The number of carboxylic acids is 1. The first-order chi connectivity index (χ1) is 19.0. The van der Waals surface area contributed by atoms with Crippen LogP contribution in [0.5, 0.6) is 11.5 Å². The molecule has 0 saturated heterocycles. The maximum atomic E-state index is 10.5. The zero-order chi connectivity index (χ0) is 27.9. The predicted octanol–water partition coefficient (Wildman–Crippen LogP) is 9.35. The number of thioether (sulfide) groups is 2. The van der Waals surface area contributed by atoms with Gasteiger partial charge >= 0.3 is 5.97 Å². The zero-order valence-electron chi connectivity index (χ0n) is 24.2. The topological polar surface area (TPSA) is 55.8 Å². The summed E-state index contributed by atoms with van der Waals surface area (Å²) >= 11 is 4.00. The number of hydrogen-bond donors (Lipinski definition) is 1. The molecule has 216 valence electrons. The van der Waals surface area contributed by atoms with E-state index in [-0.39, 0.29) is 5.41 Å². The van der Waals surface area contributed by atoms with E-state index in [0.29, 0.717) is 12.3 Å². The Morgan fingerprint density at radius 2 is 1.46 bits per heavy atom. The van der Waals surface area contributed by atoms with Crippen molar-refractivity contribution in [3.05, 3.63) is 53.6 Å². The fourth-order valence-corrected chi connectivity index (χ4v) is 8.07. The van der Waals surface area contributed by atoms with Crippen LogP contribution in [-0.2, 0) is 10.2 Å². The molecular formula is C33H48O4S2. The van der Waals surface area contributed by atoms with Crippen LogP contribution in [0.1, 0.15) is 101 Å². The van der Waals surface area contributed by atoms with Gasteiger partial charge in [-0.2, -0.15) is 11.8 Å². The summed E-state index contributed by atoms with van der Waals surface area (Å²) in [7, 11) is 3.48. The van der Waals surface area contributed by atoms with Gasteiger partial charge < -0.3 is 14.6 Å². The molecule has 1 aliphatic heterocycles. The van der Waals surface area contributed by atoms with E-state index in [0.717, 1.165) is 36.5 Å². The molecule has 6 heteroatoms. The molecule has 0 spiro atoms. The van der Waals surface area contributed by atoms with Crippen molar-refractivity contribution in [2.45, 2.75) is 100 Å². The smallest absolute Gasteiger partial charge is 0.303 e. The number of methoxy groups -OCH3 is 2. The molecule has 3 rings (SSSR count). The summed E-state index contributed by atoms with van der Waals surface area (Å²) in [6.07, 6.45) is 13.7. The first kappa shape index (κ1) is 31.7. The van der Waals surface area contributed by atoms with Gasteiger partial charge in [0.25, 0.3) is 0 Å². The van der Waals surface area contributed by atoms with Crippen LogP contribution in [0.15, 0.2) is 47.4 Å². The molecule has 4 nitrogen and oxygen atoms in total. The van der Waals surface area contributed by atoms with Gasteiger partial charge in [0.15, 0.2) is 0 Å². The first-order valence-corrected chi connectivity index (χ1v) is 16.9. The molecule has 0 aliphatic carbocycles. The van der Waals surface area contributed by atoms with E-state index in [1.54, 1.807) is 14.2 Å². The van der Waals surface area contributed by atoms with Crippen LogP contribution >= 0.6 is 23.5 Å². The quantitative estimate of drug-likeness (QED) is 0.169. The molecule has 1 aliphatic rings. The van der Waals surface area contributed by atoms with E-state index >= 15 is 0 Å². The number of aliphatic carboxylic acids is 1. The van der Waals surface area contributed by atoms with Gasteiger partial charge in [-0.1, -0.05) is 70.1 Å². The van der Waals surface area contributed by atoms with Crippen molar-refractivity contribution in [1.29, 1.82) is 0 Å². The third kappa shape index (κ3) is 9.97. The number of fused-ring (bicyclic) bond motifs is 1. The van der Waals surface area contributed by atoms with Gasteiger partial charge in [0, 0.05) is 22.5 Å². The van der Waals surface area contributed by atoms with Crippen molar-refractivity contribution in [3.63, 3.8) is 0 Å². The molecular weight excluding hydrogens is 524 g/mol. The largest absolute Gasteiger partial charge is 0.497 e. The standard InChI is InChI=1S/C33H48O4S2/c1-33(26-16-18-27(36-2)19-17-26)25-39-31-24-28(37-3)20-21-29(31)30(33)14-10-7-5-4-6-8-12-22-38-23-13-9-11-15-32(34)35/h16-21,24,30H,4-15,22-23,25H2,1-3H3,(H,34,35). The summed E-state index contributed by atoms with van der Waals surface area (Å²) < 4.78 is 10.9. The van der Waals surface area contributed by atoms with E-state index < -0.39 is 5.97 Å². The van der Waals surface area contributed by atoms with Crippen molar-refractivity contribution < 1.29 is 19.4 Å². The molecule has 0 bridgehead atoms. The lowest BCUT2D eigenvalue weighted by Crippen LogP contribution is -2.36. The minimum atomic E-state index is -0.672. The highest BCUT2D eigenvalue weighted by Gasteiger charge is 2.41. The number of benzene rings is 2. The molecule has 1 N–H and O–H groups in total. The van der Waals surface area contributed by atoms with Gasteiger partial charge in [0.1, 0.15) is 11.5 Å². The highest BCUT2D eigenvalue weighted by atomic mass is 32.2. The summed E-state index contributed by atoms with van der Waals surface area (Å²) in [6, 6.07) is 15.4. The number of carbonyl (C=O) groups is 1. The highest BCUT2D eigenvalue weighted by molar-refractivity contribution is 7.99. The van der Waals surface area contributed by atoms with Crippen LogP contribution in [0.3, 0.4) is 0 Å². The Morgan fingerprint density at radius 3 is 2.10 bits per heavy atom. The Kier molecular flexibility index (Phi) is 13.9. The zero-order valence-corrected chi connectivity index (χ0v) is 25.8. The Bertz CT molecular complexity index is 994. The van der Waals surface area contributed by atoms with Crippen LogP contribution in [0.4, 0.5) is 0 Å². The fraction of sp³-hybridized carbons (Fsp3) is 0.606. The maximum absolute atomic E-state index is 10.5. The second-order valence-corrected chi connectivity index (χ2v) is 13.2. The number of unbranched alkanes of at least 4 members (excludes halogenated alkanes) is 8. The van der Waals surface area contributed by atoms with E-state index in [9.17, 15) is 4.79 Å². The minimum absolute atomic E-state index is 0.0897. The minimum Gasteiger partial charge on any atom is -0.497 e. The molecule has 1 heterocycles. The summed E-state index contributed by atoms with van der Waals surface area (Å²) in [5.41, 5.74) is 2.97. The van der Waals surface area contributed by atoms with E-state index in [2.05, 4.69) is 49.4 Å². The normalized spacial score (nSPS) is 18.5.